The predicted molar refractivity (Wildman–Crippen MR) is 89.4 cm³/mol. The molecule has 0 bridgehead atoms. The van der Waals surface area contributed by atoms with Crippen molar-refractivity contribution < 1.29 is 9.53 Å². The van der Waals surface area contributed by atoms with Crippen LogP contribution in [0.2, 0.25) is 0 Å². The summed E-state index contributed by atoms with van der Waals surface area (Å²) in [4.78, 5) is 12.1. The van der Waals surface area contributed by atoms with Crippen LogP contribution in [0.5, 0.6) is 5.75 Å². The molecule has 0 aromatic heterocycles. The maximum atomic E-state index is 12.1. The maximum absolute atomic E-state index is 12.1. The highest BCUT2D eigenvalue weighted by Gasteiger charge is 2.23. The van der Waals surface area contributed by atoms with Gasteiger partial charge in [-0.3, -0.25) is 0 Å². The Hall–Kier alpha value is -1.01. The fraction of sp³-hybridized carbons (Fsp3) is 0.533. The second kappa shape index (κ2) is 7.31. The predicted octanol–water partition coefficient (Wildman–Crippen LogP) is 2.66. The zero-order valence-corrected chi connectivity index (χ0v) is 13.5. The average Bonchev–Trinajstić information content (AvgIpc) is 2.54. The van der Waals surface area contributed by atoms with Crippen LogP contribution in [0.1, 0.15) is 18.0 Å². The molecule has 2 atom stereocenters. The number of hydrogen-bond donors (Lipinski definition) is 2. The summed E-state index contributed by atoms with van der Waals surface area (Å²) in [6.07, 6.45) is 0.818. The molecule has 0 unspecified atom stereocenters. The SMILES string of the molecule is O=C(NC[C@@H]1CSCCS1)N[C@@H]1CCOc2ccccc21. The first-order chi connectivity index (χ1) is 10.3. The largest absolute Gasteiger partial charge is 0.493 e. The Morgan fingerprint density at radius 3 is 3.10 bits per heavy atom. The minimum absolute atomic E-state index is 0.0448. The Labute approximate surface area is 133 Å². The van der Waals surface area contributed by atoms with E-state index in [1.165, 1.54) is 11.5 Å². The topological polar surface area (TPSA) is 50.4 Å². The summed E-state index contributed by atoms with van der Waals surface area (Å²) in [5.74, 6) is 4.43. The highest BCUT2D eigenvalue weighted by Crippen LogP contribution is 2.31. The molecule has 0 saturated carbocycles. The summed E-state index contributed by atoms with van der Waals surface area (Å²) in [6, 6.07) is 7.88. The van der Waals surface area contributed by atoms with Gasteiger partial charge in [0.1, 0.15) is 5.75 Å². The minimum Gasteiger partial charge on any atom is -0.493 e. The lowest BCUT2D eigenvalue weighted by atomic mass is 10.0. The van der Waals surface area contributed by atoms with Gasteiger partial charge in [-0.05, 0) is 6.07 Å². The van der Waals surface area contributed by atoms with E-state index in [1.54, 1.807) is 0 Å². The fourth-order valence-electron chi connectivity index (χ4n) is 2.56. The first-order valence-corrected chi connectivity index (χ1v) is 9.49. The number of para-hydroxylation sites is 1. The van der Waals surface area contributed by atoms with Crippen LogP contribution in [0.15, 0.2) is 24.3 Å². The van der Waals surface area contributed by atoms with Crippen LogP contribution in [0.25, 0.3) is 0 Å². The normalized spacial score (nSPS) is 24.6. The number of carbonyl (C=O) groups excluding carboxylic acids is 1. The van der Waals surface area contributed by atoms with Crippen molar-refractivity contribution in [3.05, 3.63) is 29.8 Å². The van der Waals surface area contributed by atoms with Crippen LogP contribution in [0, 0.1) is 0 Å². The monoisotopic (exact) mass is 324 g/mol. The van der Waals surface area contributed by atoms with Gasteiger partial charge in [0.05, 0.1) is 12.6 Å². The molecule has 0 aliphatic carbocycles. The van der Waals surface area contributed by atoms with Gasteiger partial charge in [-0.25, -0.2) is 4.79 Å². The number of urea groups is 1. The van der Waals surface area contributed by atoms with E-state index in [2.05, 4.69) is 10.6 Å². The summed E-state index contributed by atoms with van der Waals surface area (Å²) in [5, 5.41) is 6.61. The summed E-state index contributed by atoms with van der Waals surface area (Å²) < 4.78 is 5.61. The number of benzene rings is 1. The smallest absolute Gasteiger partial charge is 0.315 e. The lowest BCUT2D eigenvalue weighted by Crippen LogP contribution is -2.42. The summed E-state index contributed by atoms with van der Waals surface area (Å²) in [5.41, 5.74) is 1.07. The Morgan fingerprint density at radius 2 is 2.24 bits per heavy atom. The van der Waals surface area contributed by atoms with Crippen LogP contribution in [0.3, 0.4) is 0 Å². The average molecular weight is 324 g/mol. The van der Waals surface area contributed by atoms with Gasteiger partial charge in [0.25, 0.3) is 0 Å². The van der Waals surface area contributed by atoms with Crippen molar-refractivity contribution >= 4 is 29.6 Å². The number of nitrogens with one attached hydrogen (secondary N) is 2. The minimum atomic E-state index is -0.0760. The molecule has 6 heteroatoms. The quantitative estimate of drug-likeness (QED) is 0.897. The molecular formula is C15H20N2O2S2. The number of rotatable bonds is 3. The third-order valence-electron chi connectivity index (χ3n) is 3.64. The molecule has 1 fully saturated rings. The van der Waals surface area contributed by atoms with E-state index >= 15 is 0 Å². The molecule has 2 aliphatic rings. The van der Waals surface area contributed by atoms with Gasteiger partial charge in [-0.1, -0.05) is 18.2 Å². The summed E-state index contributed by atoms with van der Waals surface area (Å²) in [6.45, 7) is 1.39. The van der Waals surface area contributed by atoms with E-state index in [1.807, 2.05) is 47.8 Å². The molecule has 3 rings (SSSR count). The van der Waals surface area contributed by atoms with Gasteiger partial charge in [0.15, 0.2) is 0 Å². The Bertz CT molecular complexity index is 492. The van der Waals surface area contributed by atoms with Crippen LogP contribution in [-0.4, -0.2) is 41.7 Å². The molecule has 114 valence electrons. The number of fused-ring (bicyclic) bond motifs is 1. The van der Waals surface area contributed by atoms with Crippen molar-refractivity contribution in [2.24, 2.45) is 0 Å². The van der Waals surface area contributed by atoms with Crippen molar-refractivity contribution in [3.8, 4) is 5.75 Å². The molecule has 21 heavy (non-hydrogen) atoms. The molecule has 4 nitrogen and oxygen atoms in total. The number of carbonyl (C=O) groups is 1. The fourth-order valence-corrected chi connectivity index (χ4v) is 5.17. The van der Waals surface area contributed by atoms with E-state index in [4.69, 9.17) is 4.74 Å². The number of ether oxygens (including phenoxy) is 1. The number of amides is 2. The molecule has 2 amide bonds. The van der Waals surface area contributed by atoms with Crippen LogP contribution < -0.4 is 15.4 Å². The lowest BCUT2D eigenvalue weighted by molar-refractivity contribution is 0.223. The molecule has 2 aliphatic heterocycles. The second-order valence-corrected chi connectivity index (χ2v) is 7.71. The lowest BCUT2D eigenvalue weighted by Gasteiger charge is -2.27. The maximum Gasteiger partial charge on any atom is 0.315 e. The van der Waals surface area contributed by atoms with Crippen molar-refractivity contribution in [2.75, 3.05) is 30.4 Å². The number of hydrogen-bond acceptors (Lipinski definition) is 4. The van der Waals surface area contributed by atoms with Crippen molar-refractivity contribution in [2.45, 2.75) is 17.7 Å². The zero-order valence-electron chi connectivity index (χ0n) is 11.8. The van der Waals surface area contributed by atoms with Crippen LogP contribution in [0.4, 0.5) is 4.79 Å². The van der Waals surface area contributed by atoms with Gasteiger partial charge in [0.2, 0.25) is 0 Å². The third kappa shape index (κ3) is 4.01. The summed E-state index contributed by atoms with van der Waals surface area (Å²) in [7, 11) is 0. The van der Waals surface area contributed by atoms with E-state index in [9.17, 15) is 4.79 Å². The zero-order chi connectivity index (χ0) is 14.5. The Kier molecular flexibility index (Phi) is 5.19. The van der Waals surface area contributed by atoms with E-state index in [-0.39, 0.29) is 12.1 Å². The van der Waals surface area contributed by atoms with Crippen LogP contribution >= 0.6 is 23.5 Å². The van der Waals surface area contributed by atoms with Gasteiger partial charge < -0.3 is 15.4 Å². The molecule has 0 radical (unpaired) electrons. The van der Waals surface area contributed by atoms with E-state index in [0.29, 0.717) is 11.9 Å². The molecule has 1 aromatic carbocycles. The molecule has 1 saturated heterocycles. The second-order valence-electron chi connectivity index (χ2n) is 5.15. The first kappa shape index (κ1) is 14.9. The third-order valence-corrected chi connectivity index (χ3v) is 6.48. The van der Waals surface area contributed by atoms with Gasteiger partial charge in [-0.2, -0.15) is 23.5 Å². The first-order valence-electron chi connectivity index (χ1n) is 7.28. The van der Waals surface area contributed by atoms with Gasteiger partial charge >= 0.3 is 6.03 Å². The number of thioether (sulfide) groups is 2. The van der Waals surface area contributed by atoms with Crippen molar-refractivity contribution in [1.29, 1.82) is 0 Å². The Balaban J connectivity index is 1.51. The molecular weight excluding hydrogens is 304 g/mol. The van der Waals surface area contributed by atoms with E-state index in [0.717, 1.165) is 30.0 Å². The van der Waals surface area contributed by atoms with Crippen molar-refractivity contribution in [3.63, 3.8) is 0 Å². The molecule has 0 spiro atoms. The van der Waals surface area contributed by atoms with Crippen molar-refractivity contribution in [1.82, 2.24) is 10.6 Å². The highest BCUT2D eigenvalue weighted by molar-refractivity contribution is 8.06. The highest BCUT2D eigenvalue weighted by atomic mass is 32.2. The van der Waals surface area contributed by atoms with Gasteiger partial charge in [-0.15, -0.1) is 0 Å². The summed E-state index contributed by atoms with van der Waals surface area (Å²) >= 11 is 3.93. The van der Waals surface area contributed by atoms with Gasteiger partial charge in [0, 0.05) is 41.0 Å². The Morgan fingerprint density at radius 1 is 1.33 bits per heavy atom. The molecule has 1 aromatic rings. The molecule has 2 N–H and O–H groups in total. The standard InChI is InChI=1S/C15H20N2O2S2/c18-15(16-9-11-10-20-7-8-21-11)17-13-5-6-19-14-4-2-1-3-12(13)14/h1-4,11,13H,5-10H2,(H2,16,17,18)/t11-,13-/m1/s1. The van der Waals surface area contributed by atoms with Crippen LogP contribution in [-0.2, 0) is 0 Å². The van der Waals surface area contributed by atoms with E-state index < -0.39 is 0 Å². The molecule has 2 heterocycles.